The van der Waals surface area contributed by atoms with Gasteiger partial charge >= 0.3 is 0 Å². The van der Waals surface area contributed by atoms with E-state index in [0.717, 1.165) is 11.1 Å². The molecule has 0 saturated carbocycles. The number of nitrogens with zero attached hydrogens (tertiary/aromatic N) is 3. The van der Waals surface area contributed by atoms with E-state index in [0.29, 0.717) is 18.6 Å². The van der Waals surface area contributed by atoms with Gasteiger partial charge in [-0.05, 0) is 17.6 Å². The van der Waals surface area contributed by atoms with Crippen LogP contribution in [0.4, 0.5) is 5.95 Å². The molecule has 2 aromatic rings. The van der Waals surface area contributed by atoms with Crippen LogP contribution in [0.3, 0.4) is 0 Å². The van der Waals surface area contributed by atoms with Gasteiger partial charge in [0.1, 0.15) is 0 Å². The Bertz CT molecular complexity index is 864. The minimum Gasteiger partial charge on any atom is -0.392 e. The molecule has 2 aromatic heterocycles. The first kappa shape index (κ1) is 15.4. The molecule has 1 atom stereocenters. The predicted octanol–water partition coefficient (Wildman–Crippen LogP) is -0.0508. The molecule has 1 unspecified atom stereocenters. The average Bonchev–Trinajstić information content (AvgIpc) is 2.89. The van der Waals surface area contributed by atoms with E-state index in [4.69, 9.17) is 5.73 Å². The highest BCUT2D eigenvalue weighted by Gasteiger charge is 2.28. The first-order valence-corrected chi connectivity index (χ1v) is 7.27. The van der Waals surface area contributed by atoms with Gasteiger partial charge in [0.2, 0.25) is 5.95 Å². The van der Waals surface area contributed by atoms with Crippen molar-refractivity contribution in [2.75, 3.05) is 18.9 Å². The summed E-state index contributed by atoms with van der Waals surface area (Å²) in [7, 11) is 0. The fourth-order valence-corrected chi connectivity index (χ4v) is 3.14. The average molecular weight is 317 g/mol. The standard InChI is InChI=1S/C15H19N5O3/c1-15(3-9(5-21)2-10(4-15)6-22)7-20-8-17-11-12(20)18-14(16)19-13(11)23/h2-3,8,21-22H,4-7H2,1H3,(H3,16,18,19,23). The molecule has 8 heteroatoms. The Morgan fingerprint density at radius 3 is 2.91 bits per heavy atom. The number of H-pyrrole nitrogens is 1. The second-order valence-electron chi connectivity index (χ2n) is 6.16. The van der Waals surface area contributed by atoms with Gasteiger partial charge in [-0.25, -0.2) is 4.98 Å². The van der Waals surface area contributed by atoms with E-state index < -0.39 is 0 Å². The van der Waals surface area contributed by atoms with E-state index in [9.17, 15) is 15.0 Å². The van der Waals surface area contributed by atoms with Crippen molar-refractivity contribution in [1.29, 1.82) is 0 Å². The van der Waals surface area contributed by atoms with Gasteiger partial charge in [0.25, 0.3) is 5.56 Å². The molecule has 0 spiro atoms. The molecule has 1 aliphatic rings. The van der Waals surface area contributed by atoms with Crippen molar-refractivity contribution in [3.05, 3.63) is 40.0 Å². The first-order valence-electron chi connectivity index (χ1n) is 7.27. The number of allylic oxidation sites excluding steroid dienone is 1. The van der Waals surface area contributed by atoms with Crippen LogP contribution in [0.1, 0.15) is 13.3 Å². The quantitative estimate of drug-likeness (QED) is 0.625. The highest BCUT2D eigenvalue weighted by molar-refractivity contribution is 5.70. The zero-order valence-corrected chi connectivity index (χ0v) is 12.8. The monoisotopic (exact) mass is 317 g/mol. The van der Waals surface area contributed by atoms with Gasteiger partial charge in [-0.1, -0.05) is 19.1 Å². The summed E-state index contributed by atoms with van der Waals surface area (Å²) in [6, 6.07) is 0. The van der Waals surface area contributed by atoms with Crippen LogP contribution in [0.15, 0.2) is 34.4 Å². The van der Waals surface area contributed by atoms with Crippen LogP contribution in [0.2, 0.25) is 0 Å². The number of nitrogens with two attached hydrogens (primary N) is 1. The molecule has 5 N–H and O–H groups in total. The van der Waals surface area contributed by atoms with E-state index in [1.165, 1.54) is 0 Å². The number of nitrogen functional groups attached to an aromatic ring is 1. The lowest BCUT2D eigenvalue weighted by Gasteiger charge is -2.31. The lowest BCUT2D eigenvalue weighted by atomic mass is 9.78. The fourth-order valence-electron chi connectivity index (χ4n) is 3.14. The van der Waals surface area contributed by atoms with Crippen LogP contribution in [-0.4, -0.2) is 42.9 Å². The molecule has 0 aliphatic heterocycles. The Kier molecular flexibility index (Phi) is 3.78. The van der Waals surface area contributed by atoms with Crippen LogP contribution in [0.25, 0.3) is 11.2 Å². The highest BCUT2D eigenvalue weighted by Crippen LogP contribution is 2.35. The molecular formula is C15H19N5O3. The topological polar surface area (TPSA) is 130 Å². The number of anilines is 1. The molecule has 3 rings (SSSR count). The van der Waals surface area contributed by atoms with Crippen molar-refractivity contribution >= 4 is 17.1 Å². The molecule has 1 aliphatic carbocycles. The smallest absolute Gasteiger partial charge is 0.280 e. The minimum atomic E-state index is -0.373. The van der Waals surface area contributed by atoms with Gasteiger partial charge in [-0.15, -0.1) is 0 Å². The van der Waals surface area contributed by atoms with Crippen LogP contribution < -0.4 is 11.3 Å². The van der Waals surface area contributed by atoms with Crippen LogP contribution in [0.5, 0.6) is 0 Å². The molecule has 0 amide bonds. The number of aromatic nitrogens is 4. The zero-order chi connectivity index (χ0) is 16.6. The van der Waals surface area contributed by atoms with Crippen LogP contribution in [0, 0.1) is 5.41 Å². The van der Waals surface area contributed by atoms with Crippen molar-refractivity contribution in [2.24, 2.45) is 5.41 Å². The van der Waals surface area contributed by atoms with Crippen LogP contribution in [-0.2, 0) is 6.54 Å². The predicted molar refractivity (Wildman–Crippen MR) is 85.6 cm³/mol. The van der Waals surface area contributed by atoms with Crippen LogP contribution >= 0.6 is 0 Å². The number of imidazole rings is 1. The summed E-state index contributed by atoms with van der Waals surface area (Å²) in [4.78, 5) is 22.5. The minimum absolute atomic E-state index is 0.0422. The molecule has 122 valence electrons. The first-order chi connectivity index (χ1) is 10.9. The third kappa shape index (κ3) is 2.90. The molecule has 0 bridgehead atoms. The molecule has 23 heavy (non-hydrogen) atoms. The van der Waals surface area contributed by atoms with Crippen molar-refractivity contribution < 1.29 is 10.2 Å². The van der Waals surface area contributed by atoms with E-state index in [2.05, 4.69) is 15.0 Å². The molecule has 0 radical (unpaired) electrons. The summed E-state index contributed by atoms with van der Waals surface area (Å²) >= 11 is 0. The maximum Gasteiger partial charge on any atom is 0.280 e. The number of rotatable bonds is 4. The molecule has 0 fully saturated rings. The Labute approximate surface area is 132 Å². The Morgan fingerprint density at radius 2 is 2.22 bits per heavy atom. The molecule has 8 nitrogen and oxygen atoms in total. The van der Waals surface area contributed by atoms with Crippen molar-refractivity contribution in [3.8, 4) is 0 Å². The Hall–Kier alpha value is -2.45. The van der Waals surface area contributed by atoms with Crippen molar-refractivity contribution in [2.45, 2.75) is 19.9 Å². The number of nitrogens with one attached hydrogen (secondary N) is 1. The summed E-state index contributed by atoms with van der Waals surface area (Å²) < 4.78 is 1.77. The lowest BCUT2D eigenvalue weighted by Crippen LogP contribution is -2.26. The van der Waals surface area contributed by atoms with Gasteiger partial charge in [0, 0.05) is 12.0 Å². The zero-order valence-electron chi connectivity index (χ0n) is 12.8. The second kappa shape index (κ2) is 5.64. The lowest BCUT2D eigenvalue weighted by molar-refractivity contribution is 0.283. The largest absolute Gasteiger partial charge is 0.392 e. The summed E-state index contributed by atoms with van der Waals surface area (Å²) in [6.07, 6.45) is 6.00. The van der Waals surface area contributed by atoms with Gasteiger partial charge in [-0.2, -0.15) is 4.98 Å². The maximum absolute atomic E-state index is 11.8. The number of aliphatic hydroxyl groups is 2. The van der Waals surface area contributed by atoms with E-state index in [1.54, 1.807) is 10.9 Å². The highest BCUT2D eigenvalue weighted by atomic mass is 16.3. The van der Waals surface area contributed by atoms with E-state index in [1.807, 2.05) is 19.1 Å². The Morgan fingerprint density at radius 1 is 1.43 bits per heavy atom. The summed E-state index contributed by atoms with van der Waals surface area (Å²) in [5, 5.41) is 18.9. The number of aliphatic hydroxyl groups excluding tert-OH is 2. The maximum atomic E-state index is 11.8. The third-order valence-corrected chi connectivity index (χ3v) is 3.96. The fraction of sp³-hybridized carbons (Fsp3) is 0.400. The summed E-state index contributed by atoms with van der Waals surface area (Å²) in [5.41, 5.74) is 7.18. The number of hydrogen-bond donors (Lipinski definition) is 4. The normalized spacial score (nSPS) is 21.3. The number of aromatic amines is 1. The molecule has 0 aromatic carbocycles. The Balaban J connectivity index is 2.00. The summed E-state index contributed by atoms with van der Waals surface area (Å²) in [6.45, 7) is 2.38. The number of hydrogen-bond acceptors (Lipinski definition) is 6. The van der Waals surface area contributed by atoms with Gasteiger partial charge in [0.15, 0.2) is 11.2 Å². The molecule has 2 heterocycles. The van der Waals surface area contributed by atoms with E-state index in [-0.39, 0.29) is 35.7 Å². The number of fused-ring (bicyclic) bond motifs is 1. The van der Waals surface area contributed by atoms with Gasteiger partial charge in [0.05, 0.1) is 19.5 Å². The second-order valence-corrected chi connectivity index (χ2v) is 6.16. The molecule has 0 saturated heterocycles. The molecular weight excluding hydrogens is 298 g/mol. The van der Waals surface area contributed by atoms with Crippen molar-refractivity contribution in [3.63, 3.8) is 0 Å². The SMILES string of the molecule is CC1(Cn2cnc3c(=O)[nH]c(N)nc32)C=C(CO)C=C(CO)C1. The van der Waals surface area contributed by atoms with E-state index >= 15 is 0 Å². The summed E-state index contributed by atoms with van der Waals surface area (Å²) in [5.74, 6) is 0.0422. The van der Waals surface area contributed by atoms with Crippen molar-refractivity contribution in [1.82, 2.24) is 19.5 Å². The van der Waals surface area contributed by atoms with Gasteiger partial charge < -0.3 is 20.5 Å². The van der Waals surface area contributed by atoms with Gasteiger partial charge in [-0.3, -0.25) is 9.78 Å². The third-order valence-electron chi connectivity index (χ3n) is 3.96.